The second-order valence-corrected chi connectivity index (χ2v) is 7.06. The van der Waals surface area contributed by atoms with Gasteiger partial charge in [0.2, 0.25) is 0 Å². The molecule has 1 aromatic carbocycles. The van der Waals surface area contributed by atoms with Crippen LogP contribution in [0.1, 0.15) is 55.6 Å². The maximum atomic E-state index is 12.3. The number of nitrogens with one attached hydrogen (secondary N) is 1. The fourth-order valence-electron chi connectivity index (χ4n) is 3.37. The van der Waals surface area contributed by atoms with Crippen LogP contribution in [0.2, 0.25) is 0 Å². The van der Waals surface area contributed by atoms with Crippen LogP contribution in [-0.4, -0.2) is 23.0 Å². The summed E-state index contributed by atoms with van der Waals surface area (Å²) in [5.74, 6) is -0.0578. The third kappa shape index (κ3) is 4.59. The Hall–Kier alpha value is -2.36. The van der Waals surface area contributed by atoms with Gasteiger partial charge >= 0.3 is 0 Å². The van der Waals surface area contributed by atoms with Crippen molar-refractivity contribution in [2.45, 2.75) is 58.2 Å². The zero-order chi connectivity index (χ0) is 17.6. The monoisotopic (exact) mass is 337 g/mol. The first-order valence-electron chi connectivity index (χ1n) is 9.21. The minimum Gasteiger partial charge on any atom is -0.364 e. The molecule has 1 aliphatic rings. The third-order valence-corrected chi connectivity index (χ3v) is 4.82. The standard InChI is InChI=1S/C21H27N3O/c1-16(2)24(15-17-8-4-3-5-9-17)19-12-13-20(22-14-19)21(25)23-18-10-6-7-11-18/h3-5,8-9,12-14,16,18H,6-7,10-11,15H2,1-2H3,(H,23,25). The molecule has 2 aromatic rings. The van der Waals surface area contributed by atoms with Crippen LogP contribution >= 0.6 is 0 Å². The summed E-state index contributed by atoms with van der Waals surface area (Å²) < 4.78 is 0. The number of aromatic nitrogens is 1. The summed E-state index contributed by atoms with van der Waals surface area (Å²) in [7, 11) is 0. The summed E-state index contributed by atoms with van der Waals surface area (Å²) in [6.07, 6.45) is 6.40. The van der Waals surface area contributed by atoms with E-state index in [1.165, 1.54) is 18.4 Å². The number of hydrogen-bond acceptors (Lipinski definition) is 3. The van der Waals surface area contributed by atoms with E-state index in [1.54, 1.807) is 0 Å². The maximum absolute atomic E-state index is 12.3. The molecule has 3 rings (SSSR count). The lowest BCUT2D eigenvalue weighted by molar-refractivity contribution is 0.0933. The van der Waals surface area contributed by atoms with E-state index in [9.17, 15) is 4.79 Å². The third-order valence-electron chi connectivity index (χ3n) is 4.82. The van der Waals surface area contributed by atoms with Crippen molar-refractivity contribution < 1.29 is 4.79 Å². The van der Waals surface area contributed by atoms with Crippen LogP contribution in [0.25, 0.3) is 0 Å². The molecule has 4 nitrogen and oxygen atoms in total. The first kappa shape index (κ1) is 17.5. The van der Waals surface area contributed by atoms with Crippen molar-refractivity contribution in [3.8, 4) is 0 Å². The van der Waals surface area contributed by atoms with E-state index in [4.69, 9.17) is 0 Å². The highest BCUT2D eigenvalue weighted by molar-refractivity contribution is 5.92. The van der Waals surface area contributed by atoms with Gasteiger partial charge in [-0.15, -0.1) is 0 Å². The van der Waals surface area contributed by atoms with Crippen molar-refractivity contribution >= 4 is 11.6 Å². The molecule has 1 N–H and O–H groups in total. The van der Waals surface area contributed by atoms with Gasteiger partial charge in [0.25, 0.3) is 5.91 Å². The quantitative estimate of drug-likeness (QED) is 0.860. The summed E-state index contributed by atoms with van der Waals surface area (Å²) in [6.45, 7) is 5.17. The number of pyridine rings is 1. The van der Waals surface area contributed by atoms with Gasteiger partial charge in [0.1, 0.15) is 5.69 Å². The minimum absolute atomic E-state index is 0.0578. The van der Waals surface area contributed by atoms with Gasteiger partial charge in [-0.25, -0.2) is 4.98 Å². The number of nitrogens with zero attached hydrogens (tertiary/aromatic N) is 2. The average Bonchev–Trinajstić information content (AvgIpc) is 3.13. The van der Waals surface area contributed by atoms with E-state index in [2.05, 4.69) is 53.3 Å². The molecule has 0 spiro atoms. The number of hydrogen-bond donors (Lipinski definition) is 1. The van der Waals surface area contributed by atoms with E-state index < -0.39 is 0 Å². The lowest BCUT2D eigenvalue weighted by atomic mass is 10.1. The van der Waals surface area contributed by atoms with Gasteiger partial charge in [0, 0.05) is 18.6 Å². The minimum atomic E-state index is -0.0578. The average molecular weight is 337 g/mol. The zero-order valence-corrected chi connectivity index (χ0v) is 15.1. The largest absolute Gasteiger partial charge is 0.364 e. The van der Waals surface area contributed by atoms with Gasteiger partial charge in [-0.1, -0.05) is 43.2 Å². The van der Waals surface area contributed by atoms with Crippen molar-refractivity contribution in [3.05, 3.63) is 59.9 Å². The van der Waals surface area contributed by atoms with E-state index in [0.29, 0.717) is 17.8 Å². The van der Waals surface area contributed by atoms with E-state index >= 15 is 0 Å². The van der Waals surface area contributed by atoms with Crippen LogP contribution in [0, 0.1) is 0 Å². The first-order chi connectivity index (χ1) is 12.1. The summed E-state index contributed by atoms with van der Waals surface area (Å²) in [4.78, 5) is 19.0. The molecule has 1 aliphatic carbocycles. The molecular formula is C21H27N3O. The van der Waals surface area contributed by atoms with Crippen molar-refractivity contribution in [2.24, 2.45) is 0 Å². The highest BCUT2D eigenvalue weighted by Gasteiger charge is 2.19. The molecule has 4 heteroatoms. The molecule has 1 saturated carbocycles. The Morgan fingerprint density at radius 1 is 1.16 bits per heavy atom. The molecule has 1 aromatic heterocycles. The van der Waals surface area contributed by atoms with Crippen LogP contribution in [0.5, 0.6) is 0 Å². The molecule has 0 aliphatic heterocycles. The second kappa shape index (κ2) is 8.15. The van der Waals surface area contributed by atoms with Crippen molar-refractivity contribution in [3.63, 3.8) is 0 Å². The van der Waals surface area contributed by atoms with Gasteiger partial charge in [-0.05, 0) is 44.4 Å². The van der Waals surface area contributed by atoms with Crippen LogP contribution < -0.4 is 10.2 Å². The zero-order valence-electron chi connectivity index (χ0n) is 15.1. The molecule has 0 saturated heterocycles. The second-order valence-electron chi connectivity index (χ2n) is 7.06. The normalized spacial score (nSPS) is 14.7. The number of carbonyl (C=O) groups is 1. The van der Waals surface area contributed by atoms with Gasteiger partial charge in [0.05, 0.1) is 11.9 Å². The lowest BCUT2D eigenvalue weighted by Gasteiger charge is -2.29. The topological polar surface area (TPSA) is 45.2 Å². The van der Waals surface area contributed by atoms with Crippen LogP contribution in [0.4, 0.5) is 5.69 Å². The fraction of sp³-hybridized carbons (Fsp3) is 0.429. The number of anilines is 1. The van der Waals surface area contributed by atoms with E-state index in [-0.39, 0.29) is 5.91 Å². The summed E-state index contributed by atoms with van der Waals surface area (Å²) in [5.41, 5.74) is 2.80. The molecule has 0 atom stereocenters. The Morgan fingerprint density at radius 3 is 2.48 bits per heavy atom. The maximum Gasteiger partial charge on any atom is 0.270 e. The Bertz CT molecular complexity index is 676. The Morgan fingerprint density at radius 2 is 1.88 bits per heavy atom. The Labute approximate surface area is 150 Å². The smallest absolute Gasteiger partial charge is 0.270 e. The van der Waals surface area contributed by atoms with Gasteiger partial charge in [-0.2, -0.15) is 0 Å². The number of benzene rings is 1. The lowest BCUT2D eigenvalue weighted by Crippen LogP contribution is -2.33. The molecule has 1 fully saturated rings. The van der Waals surface area contributed by atoms with Crippen molar-refractivity contribution in [1.82, 2.24) is 10.3 Å². The summed E-state index contributed by atoms with van der Waals surface area (Å²) in [5, 5.41) is 3.09. The van der Waals surface area contributed by atoms with Gasteiger partial charge in [0.15, 0.2) is 0 Å². The van der Waals surface area contributed by atoms with Crippen LogP contribution in [-0.2, 0) is 6.54 Å². The van der Waals surface area contributed by atoms with E-state index in [1.807, 2.05) is 24.4 Å². The fourth-order valence-corrected chi connectivity index (χ4v) is 3.37. The number of carbonyl (C=O) groups excluding carboxylic acids is 1. The molecule has 25 heavy (non-hydrogen) atoms. The van der Waals surface area contributed by atoms with Crippen LogP contribution in [0.3, 0.4) is 0 Å². The van der Waals surface area contributed by atoms with Crippen molar-refractivity contribution in [1.29, 1.82) is 0 Å². The van der Waals surface area contributed by atoms with Gasteiger partial charge < -0.3 is 10.2 Å². The first-order valence-corrected chi connectivity index (χ1v) is 9.21. The molecule has 132 valence electrons. The molecular weight excluding hydrogens is 310 g/mol. The summed E-state index contributed by atoms with van der Waals surface area (Å²) in [6, 6.07) is 14.9. The predicted octanol–water partition coefficient (Wildman–Crippen LogP) is 4.17. The molecule has 1 amide bonds. The number of amides is 1. The molecule has 0 bridgehead atoms. The van der Waals surface area contributed by atoms with E-state index in [0.717, 1.165) is 25.1 Å². The highest BCUT2D eigenvalue weighted by Crippen LogP contribution is 2.21. The molecule has 0 unspecified atom stereocenters. The summed E-state index contributed by atoms with van der Waals surface area (Å²) >= 11 is 0. The SMILES string of the molecule is CC(C)N(Cc1ccccc1)c1ccc(C(=O)NC2CCCC2)nc1. The van der Waals surface area contributed by atoms with Gasteiger partial charge in [-0.3, -0.25) is 4.79 Å². The van der Waals surface area contributed by atoms with Crippen molar-refractivity contribution in [2.75, 3.05) is 4.90 Å². The highest BCUT2D eigenvalue weighted by atomic mass is 16.1. The Kier molecular flexibility index (Phi) is 5.69. The Balaban J connectivity index is 1.69. The van der Waals surface area contributed by atoms with Crippen LogP contribution in [0.15, 0.2) is 48.7 Å². The predicted molar refractivity (Wildman–Crippen MR) is 102 cm³/mol. The number of rotatable bonds is 6. The molecule has 1 heterocycles. The molecule has 0 radical (unpaired) electrons.